The summed E-state index contributed by atoms with van der Waals surface area (Å²) in [6.45, 7) is 2.22. The molecule has 0 saturated carbocycles. The molecular formula is C24H20N2O4. The van der Waals surface area contributed by atoms with Gasteiger partial charge in [0.2, 0.25) is 0 Å². The standard InChI is InChI=1S/C24H20N2O4/c1-17-10-11-22-25-20(13-23(27)26(22)14-17)16-30-24(28)19-8-5-9-21(12-19)29-15-18-6-3-2-4-7-18/h2-14H,15-16H2,1H3. The van der Waals surface area contributed by atoms with Crippen LogP contribution in [0.1, 0.15) is 27.2 Å². The normalized spacial score (nSPS) is 10.7. The number of pyridine rings is 1. The Balaban J connectivity index is 1.42. The lowest BCUT2D eigenvalue weighted by molar-refractivity contribution is 0.0467. The van der Waals surface area contributed by atoms with Gasteiger partial charge in [-0.2, -0.15) is 0 Å². The minimum absolute atomic E-state index is 0.0897. The van der Waals surface area contributed by atoms with Crippen LogP contribution in [0, 0.1) is 6.92 Å². The molecule has 0 aliphatic rings. The molecule has 0 bridgehead atoms. The molecule has 0 aliphatic carbocycles. The Morgan fingerprint density at radius 2 is 1.80 bits per heavy atom. The second-order valence-corrected chi connectivity index (χ2v) is 6.90. The second-order valence-electron chi connectivity index (χ2n) is 6.90. The third kappa shape index (κ3) is 4.55. The Kier molecular flexibility index (Phi) is 5.57. The molecular weight excluding hydrogens is 380 g/mol. The zero-order valence-corrected chi connectivity index (χ0v) is 16.4. The van der Waals surface area contributed by atoms with E-state index in [0.717, 1.165) is 11.1 Å². The second kappa shape index (κ2) is 8.61. The van der Waals surface area contributed by atoms with E-state index in [4.69, 9.17) is 9.47 Å². The molecule has 2 aromatic heterocycles. The number of hydrogen-bond donors (Lipinski definition) is 0. The van der Waals surface area contributed by atoms with Crippen molar-refractivity contribution in [1.29, 1.82) is 0 Å². The highest BCUT2D eigenvalue weighted by atomic mass is 16.5. The van der Waals surface area contributed by atoms with Crippen molar-refractivity contribution < 1.29 is 14.3 Å². The van der Waals surface area contributed by atoms with Gasteiger partial charge in [-0.3, -0.25) is 9.20 Å². The molecule has 0 amide bonds. The summed E-state index contributed by atoms with van der Waals surface area (Å²) in [5, 5.41) is 0. The van der Waals surface area contributed by atoms with Crippen LogP contribution in [0.4, 0.5) is 0 Å². The third-order valence-corrected chi connectivity index (χ3v) is 4.53. The summed E-state index contributed by atoms with van der Waals surface area (Å²) in [6, 6.07) is 21.6. The number of aryl methyl sites for hydroxylation is 1. The molecule has 30 heavy (non-hydrogen) atoms. The molecule has 0 radical (unpaired) electrons. The number of carbonyl (C=O) groups is 1. The summed E-state index contributed by atoms with van der Waals surface area (Å²) in [7, 11) is 0. The van der Waals surface area contributed by atoms with Gasteiger partial charge in [-0.05, 0) is 42.3 Å². The van der Waals surface area contributed by atoms with E-state index >= 15 is 0 Å². The molecule has 2 heterocycles. The maximum atomic E-state index is 12.4. The molecule has 0 fully saturated rings. The van der Waals surface area contributed by atoms with Crippen LogP contribution in [0.5, 0.6) is 5.75 Å². The van der Waals surface area contributed by atoms with Crippen molar-refractivity contribution in [3.8, 4) is 5.75 Å². The lowest BCUT2D eigenvalue weighted by Crippen LogP contribution is -2.17. The predicted molar refractivity (Wildman–Crippen MR) is 113 cm³/mol. The lowest BCUT2D eigenvalue weighted by Gasteiger charge is -2.09. The molecule has 0 unspecified atom stereocenters. The number of carbonyl (C=O) groups excluding carboxylic acids is 1. The number of esters is 1. The number of rotatable bonds is 6. The van der Waals surface area contributed by atoms with Gasteiger partial charge in [0.25, 0.3) is 5.56 Å². The summed E-state index contributed by atoms with van der Waals surface area (Å²) in [5.74, 6) is 0.0665. The number of fused-ring (bicyclic) bond motifs is 1. The molecule has 0 aliphatic heterocycles. The van der Waals surface area contributed by atoms with Gasteiger partial charge in [0.1, 0.15) is 24.6 Å². The summed E-state index contributed by atoms with van der Waals surface area (Å²) in [5.41, 5.74) is 3.05. The van der Waals surface area contributed by atoms with Gasteiger partial charge >= 0.3 is 5.97 Å². The zero-order chi connectivity index (χ0) is 20.9. The van der Waals surface area contributed by atoms with Crippen molar-refractivity contribution in [2.24, 2.45) is 0 Å². The predicted octanol–water partition coefficient (Wildman–Crippen LogP) is 3.94. The molecule has 6 heteroatoms. The summed E-state index contributed by atoms with van der Waals surface area (Å²) >= 11 is 0. The van der Waals surface area contributed by atoms with Gasteiger partial charge in [-0.1, -0.05) is 42.5 Å². The Bertz CT molecular complexity index is 1250. The van der Waals surface area contributed by atoms with Crippen LogP contribution >= 0.6 is 0 Å². The molecule has 0 spiro atoms. The average Bonchev–Trinajstić information content (AvgIpc) is 2.77. The molecule has 150 valence electrons. The van der Waals surface area contributed by atoms with Gasteiger partial charge in [0.15, 0.2) is 0 Å². The maximum Gasteiger partial charge on any atom is 0.338 e. The monoisotopic (exact) mass is 400 g/mol. The minimum atomic E-state index is -0.508. The number of hydrogen-bond acceptors (Lipinski definition) is 5. The Morgan fingerprint density at radius 3 is 2.63 bits per heavy atom. The molecule has 4 aromatic rings. The van der Waals surface area contributed by atoms with Crippen LogP contribution < -0.4 is 10.3 Å². The van der Waals surface area contributed by atoms with E-state index in [9.17, 15) is 9.59 Å². The van der Waals surface area contributed by atoms with Crippen molar-refractivity contribution >= 4 is 11.6 Å². The fraction of sp³-hybridized carbons (Fsp3) is 0.125. The van der Waals surface area contributed by atoms with Gasteiger partial charge in [-0.25, -0.2) is 9.78 Å². The summed E-state index contributed by atoms with van der Waals surface area (Å²) in [4.78, 5) is 29.1. The van der Waals surface area contributed by atoms with E-state index in [1.807, 2.05) is 43.3 Å². The molecule has 0 saturated heterocycles. The van der Waals surface area contributed by atoms with E-state index in [0.29, 0.717) is 29.3 Å². The van der Waals surface area contributed by atoms with Crippen LogP contribution in [0.2, 0.25) is 0 Å². The van der Waals surface area contributed by atoms with Crippen molar-refractivity contribution in [1.82, 2.24) is 9.38 Å². The minimum Gasteiger partial charge on any atom is -0.489 e. The molecule has 6 nitrogen and oxygen atoms in total. The van der Waals surface area contributed by atoms with E-state index in [1.54, 1.807) is 36.5 Å². The number of benzene rings is 2. The van der Waals surface area contributed by atoms with Gasteiger partial charge < -0.3 is 9.47 Å². The van der Waals surface area contributed by atoms with Crippen LogP contribution in [-0.4, -0.2) is 15.4 Å². The smallest absolute Gasteiger partial charge is 0.338 e. The van der Waals surface area contributed by atoms with Crippen LogP contribution in [0.15, 0.2) is 83.8 Å². The fourth-order valence-corrected chi connectivity index (χ4v) is 3.01. The van der Waals surface area contributed by atoms with E-state index in [-0.39, 0.29) is 12.2 Å². The number of nitrogens with zero attached hydrogens (tertiary/aromatic N) is 2. The van der Waals surface area contributed by atoms with Crippen molar-refractivity contribution in [3.05, 3.63) is 112 Å². The largest absolute Gasteiger partial charge is 0.489 e. The third-order valence-electron chi connectivity index (χ3n) is 4.53. The lowest BCUT2D eigenvalue weighted by atomic mass is 10.2. The van der Waals surface area contributed by atoms with Gasteiger partial charge in [0.05, 0.1) is 11.3 Å². The number of aromatic nitrogens is 2. The first-order valence-corrected chi connectivity index (χ1v) is 9.51. The van der Waals surface area contributed by atoms with Crippen LogP contribution in [0.25, 0.3) is 5.65 Å². The highest BCUT2D eigenvalue weighted by molar-refractivity contribution is 5.89. The Hall–Kier alpha value is -3.93. The molecule has 0 N–H and O–H groups in total. The Labute approximate surface area is 173 Å². The SMILES string of the molecule is Cc1ccc2nc(COC(=O)c3cccc(OCc4ccccc4)c3)cc(=O)n2c1. The average molecular weight is 400 g/mol. The molecule has 0 atom stereocenters. The van der Waals surface area contributed by atoms with Crippen molar-refractivity contribution in [2.75, 3.05) is 0 Å². The fourth-order valence-electron chi connectivity index (χ4n) is 3.01. The van der Waals surface area contributed by atoms with Gasteiger partial charge in [-0.15, -0.1) is 0 Å². The van der Waals surface area contributed by atoms with Crippen molar-refractivity contribution in [2.45, 2.75) is 20.1 Å². The molecule has 4 rings (SSSR count). The summed E-state index contributed by atoms with van der Waals surface area (Å²) in [6.07, 6.45) is 1.72. The van der Waals surface area contributed by atoms with E-state index in [2.05, 4.69) is 4.98 Å². The first-order chi connectivity index (χ1) is 14.6. The van der Waals surface area contributed by atoms with Gasteiger partial charge in [0, 0.05) is 12.3 Å². The first-order valence-electron chi connectivity index (χ1n) is 9.51. The number of ether oxygens (including phenoxy) is 2. The topological polar surface area (TPSA) is 69.9 Å². The summed E-state index contributed by atoms with van der Waals surface area (Å²) < 4.78 is 12.6. The van der Waals surface area contributed by atoms with E-state index in [1.165, 1.54) is 10.5 Å². The van der Waals surface area contributed by atoms with Crippen LogP contribution in [0.3, 0.4) is 0 Å². The highest BCUT2D eigenvalue weighted by Crippen LogP contribution is 2.16. The quantitative estimate of drug-likeness (QED) is 0.459. The van der Waals surface area contributed by atoms with E-state index < -0.39 is 5.97 Å². The maximum absolute atomic E-state index is 12.4. The Morgan fingerprint density at radius 1 is 0.967 bits per heavy atom. The van der Waals surface area contributed by atoms with Crippen LogP contribution in [-0.2, 0) is 18.0 Å². The molecule has 2 aromatic carbocycles. The first kappa shape index (κ1) is 19.4. The highest BCUT2D eigenvalue weighted by Gasteiger charge is 2.11. The van der Waals surface area contributed by atoms with Crippen molar-refractivity contribution in [3.63, 3.8) is 0 Å². The zero-order valence-electron chi connectivity index (χ0n) is 16.4.